The Kier molecular flexibility index (Phi) is 6.41. The summed E-state index contributed by atoms with van der Waals surface area (Å²) in [6.45, 7) is 1.53. The number of piperidine rings is 1. The van der Waals surface area contributed by atoms with Crippen LogP contribution >= 0.6 is 0 Å². The number of aryl methyl sites for hydroxylation is 1. The highest BCUT2D eigenvalue weighted by molar-refractivity contribution is 5.93. The van der Waals surface area contributed by atoms with E-state index in [1.165, 1.54) is 5.56 Å². The van der Waals surface area contributed by atoms with Gasteiger partial charge in [-0.2, -0.15) is 0 Å². The first-order chi connectivity index (χ1) is 15.1. The number of nitrogens with two attached hydrogens (primary N) is 1. The number of primary amides is 1. The van der Waals surface area contributed by atoms with E-state index in [0.29, 0.717) is 18.5 Å². The van der Waals surface area contributed by atoms with Gasteiger partial charge in [-0.15, -0.1) is 0 Å². The standard InChI is InChI=1S/C26H27N3O2/c27-26(31)21-14-12-20(13-15-21)23-9-4-10-24(28-23)22-8-5-17-29(18-22)25(30)16-11-19-6-2-1-3-7-19/h1-4,6-7,9-10,12-15,22H,5,8,11,16-18H2,(H2,27,31). The number of rotatable bonds is 6. The molecule has 4 rings (SSSR count). The Morgan fingerprint density at radius 1 is 0.968 bits per heavy atom. The molecule has 1 aliphatic rings. The van der Waals surface area contributed by atoms with Crippen molar-refractivity contribution in [3.8, 4) is 11.3 Å². The van der Waals surface area contributed by atoms with Crippen molar-refractivity contribution in [2.24, 2.45) is 5.73 Å². The monoisotopic (exact) mass is 413 g/mol. The number of likely N-dealkylation sites (tertiary alicyclic amines) is 1. The molecule has 1 aliphatic heterocycles. The van der Waals surface area contributed by atoms with Gasteiger partial charge in [-0.25, -0.2) is 0 Å². The van der Waals surface area contributed by atoms with Crippen LogP contribution in [0, 0.1) is 0 Å². The maximum Gasteiger partial charge on any atom is 0.248 e. The number of aromatic nitrogens is 1. The summed E-state index contributed by atoms with van der Waals surface area (Å²) < 4.78 is 0. The van der Waals surface area contributed by atoms with Crippen molar-refractivity contribution >= 4 is 11.8 Å². The van der Waals surface area contributed by atoms with Gasteiger partial charge in [0.2, 0.25) is 11.8 Å². The molecule has 1 unspecified atom stereocenters. The van der Waals surface area contributed by atoms with E-state index in [9.17, 15) is 9.59 Å². The van der Waals surface area contributed by atoms with Crippen molar-refractivity contribution in [1.82, 2.24) is 9.88 Å². The van der Waals surface area contributed by atoms with Gasteiger partial charge in [-0.1, -0.05) is 48.5 Å². The van der Waals surface area contributed by atoms with Crippen LogP contribution in [0.15, 0.2) is 72.8 Å². The predicted octanol–water partition coefficient (Wildman–Crippen LogP) is 4.19. The Morgan fingerprint density at radius 2 is 1.74 bits per heavy atom. The summed E-state index contributed by atoms with van der Waals surface area (Å²) in [6, 6.07) is 23.4. The molecule has 2 aromatic carbocycles. The quantitative estimate of drug-likeness (QED) is 0.658. The lowest BCUT2D eigenvalue weighted by Crippen LogP contribution is -2.39. The molecule has 2 amide bonds. The average Bonchev–Trinajstić information content (AvgIpc) is 2.83. The number of carbonyl (C=O) groups is 2. The molecule has 0 spiro atoms. The summed E-state index contributed by atoms with van der Waals surface area (Å²) in [4.78, 5) is 31.0. The lowest BCUT2D eigenvalue weighted by atomic mass is 9.93. The van der Waals surface area contributed by atoms with Crippen molar-refractivity contribution in [3.05, 3.63) is 89.6 Å². The lowest BCUT2D eigenvalue weighted by molar-refractivity contribution is -0.132. The Balaban J connectivity index is 1.42. The zero-order valence-corrected chi connectivity index (χ0v) is 17.5. The molecule has 0 radical (unpaired) electrons. The van der Waals surface area contributed by atoms with Gasteiger partial charge >= 0.3 is 0 Å². The van der Waals surface area contributed by atoms with E-state index in [-0.39, 0.29) is 11.8 Å². The summed E-state index contributed by atoms with van der Waals surface area (Å²) in [5.74, 6) is 0.0125. The molecule has 31 heavy (non-hydrogen) atoms. The Hall–Kier alpha value is -3.47. The normalized spacial score (nSPS) is 16.1. The lowest BCUT2D eigenvalue weighted by Gasteiger charge is -2.32. The number of nitrogens with zero attached hydrogens (tertiary/aromatic N) is 2. The second kappa shape index (κ2) is 9.56. The molecule has 1 aromatic heterocycles. The zero-order chi connectivity index (χ0) is 21.6. The molecule has 5 heteroatoms. The molecule has 1 saturated heterocycles. The highest BCUT2D eigenvalue weighted by atomic mass is 16.2. The molecule has 3 aromatic rings. The van der Waals surface area contributed by atoms with Gasteiger partial charge in [0.25, 0.3) is 0 Å². The van der Waals surface area contributed by atoms with Crippen LogP contribution in [-0.4, -0.2) is 34.8 Å². The summed E-state index contributed by atoms with van der Waals surface area (Å²) in [5, 5.41) is 0. The van der Waals surface area contributed by atoms with Gasteiger partial charge in [-0.05, 0) is 49.1 Å². The number of pyridine rings is 1. The first-order valence-electron chi connectivity index (χ1n) is 10.8. The Bertz CT molecular complexity index is 1050. The number of amides is 2. The molecular formula is C26H27N3O2. The molecular weight excluding hydrogens is 386 g/mol. The van der Waals surface area contributed by atoms with Gasteiger partial charge in [0.1, 0.15) is 0 Å². The van der Waals surface area contributed by atoms with Crippen molar-refractivity contribution in [2.45, 2.75) is 31.6 Å². The van der Waals surface area contributed by atoms with Crippen LogP contribution in [0.2, 0.25) is 0 Å². The summed E-state index contributed by atoms with van der Waals surface area (Å²) >= 11 is 0. The van der Waals surface area contributed by atoms with Crippen molar-refractivity contribution < 1.29 is 9.59 Å². The minimum absolute atomic E-state index is 0.215. The van der Waals surface area contributed by atoms with Gasteiger partial charge in [0, 0.05) is 42.2 Å². The van der Waals surface area contributed by atoms with E-state index in [0.717, 1.165) is 42.8 Å². The molecule has 0 saturated carbocycles. The van der Waals surface area contributed by atoms with E-state index in [1.54, 1.807) is 12.1 Å². The van der Waals surface area contributed by atoms with Crippen LogP contribution in [-0.2, 0) is 11.2 Å². The third-order valence-electron chi connectivity index (χ3n) is 5.90. The predicted molar refractivity (Wildman–Crippen MR) is 122 cm³/mol. The molecule has 2 N–H and O–H groups in total. The Labute approximate surface area is 182 Å². The highest BCUT2D eigenvalue weighted by Gasteiger charge is 2.25. The van der Waals surface area contributed by atoms with E-state index < -0.39 is 5.91 Å². The maximum absolute atomic E-state index is 12.8. The first-order valence-corrected chi connectivity index (χ1v) is 10.8. The van der Waals surface area contributed by atoms with E-state index >= 15 is 0 Å². The average molecular weight is 414 g/mol. The minimum atomic E-state index is -0.438. The molecule has 5 nitrogen and oxygen atoms in total. The van der Waals surface area contributed by atoms with Crippen LogP contribution in [0.3, 0.4) is 0 Å². The van der Waals surface area contributed by atoms with Crippen LogP contribution in [0.25, 0.3) is 11.3 Å². The molecule has 2 heterocycles. The minimum Gasteiger partial charge on any atom is -0.366 e. The van der Waals surface area contributed by atoms with Gasteiger partial charge in [-0.3, -0.25) is 14.6 Å². The summed E-state index contributed by atoms with van der Waals surface area (Å²) in [5.41, 5.74) is 9.82. The fourth-order valence-electron chi connectivity index (χ4n) is 4.14. The number of hydrogen-bond acceptors (Lipinski definition) is 3. The second-order valence-electron chi connectivity index (χ2n) is 8.05. The highest BCUT2D eigenvalue weighted by Crippen LogP contribution is 2.28. The Morgan fingerprint density at radius 3 is 2.48 bits per heavy atom. The first kappa shape index (κ1) is 20.8. The number of benzene rings is 2. The number of carbonyl (C=O) groups excluding carboxylic acids is 2. The largest absolute Gasteiger partial charge is 0.366 e. The third kappa shape index (κ3) is 5.18. The van der Waals surface area contributed by atoms with Crippen LogP contribution < -0.4 is 5.73 Å². The molecule has 1 atom stereocenters. The summed E-state index contributed by atoms with van der Waals surface area (Å²) in [6.07, 6.45) is 3.33. The van der Waals surface area contributed by atoms with Gasteiger partial charge in [0.05, 0.1) is 5.69 Å². The zero-order valence-electron chi connectivity index (χ0n) is 17.5. The second-order valence-corrected chi connectivity index (χ2v) is 8.05. The van der Waals surface area contributed by atoms with Crippen molar-refractivity contribution in [2.75, 3.05) is 13.1 Å². The van der Waals surface area contributed by atoms with Crippen molar-refractivity contribution in [3.63, 3.8) is 0 Å². The summed E-state index contributed by atoms with van der Waals surface area (Å²) in [7, 11) is 0. The molecule has 1 fully saturated rings. The van der Waals surface area contributed by atoms with Crippen LogP contribution in [0.4, 0.5) is 0 Å². The van der Waals surface area contributed by atoms with Gasteiger partial charge < -0.3 is 10.6 Å². The topological polar surface area (TPSA) is 76.3 Å². The van der Waals surface area contributed by atoms with Crippen LogP contribution in [0.5, 0.6) is 0 Å². The van der Waals surface area contributed by atoms with E-state index in [2.05, 4.69) is 12.1 Å². The van der Waals surface area contributed by atoms with Crippen molar-refractivity contribution in [1.29, 1.82) is 0 Å². The van der Waals surface area contributed by atoms with Crippen LogP contribution in [0.1, 0.15) is 46.8 Å². The number of hydrogen-bond donors (Lipinski definition) is 1. The van der Waals surface area contributed by atoms with E-state index in [1.807, 2.05) is 53.4 Å². The fraction of sp³-hybridized carbons (Fsp3) is 0.269. The van der Waals surface area contributed by atoms with Gasteiger partial charge in [0.15, 0.2) is 0 Å². The van der Waals surface area contributed by atoms with E-state index in [4.69, 9.17) is 10.7 Å². The SMILES string of the molecule is NC(=O)c1ccc(-c2cccc(C3CCCN(C(=O)CCc4ccccc4)C3)n2)cc1. The fourth-order valence-corrected chi connectivity index (χ4v) is 4.14. The maximum atomic E-state index is 12.8. The smallest absolute Gasteiger partial charge is 0.248 e. The molecule has 0 aliphatic carbocycles. The molecule has 0 bridgehead atoms. The molecule has 158 valence electrons. The third-order valence-corrected chi connectivity index (χ3v) is 5.90.